The molecule has 2 atom stereocenters. The van der Waals surface area contributed by atoms with Gasteiger partial charge in [-0.05, 0) is 30.5 Å². The number of benzene rings is 1. The van der Waals surface area contributed by atoms with Crippen LogP contribution in [0.2, 0.25) is 0 Å². The summed E-state index contributed by atoms with van der Waals surface area (Å²) >= 11 is 0. The van der Waals surface area contributed by atoms with Gasteiger partial charge in [0, 0.05) is 5.69 Å². The van der Waals surface area contributed by atoms with Crippen LogP contribution in [-0.2, 0) is 4.79 Å². The predicted octanol–water partition coefficient (Wildman–Crippen LogP) is 3.34. The average molecular weight is 248 g/mol. The van der Waals surface area contributed by atoms with E-state index in [-0.39, 0.29) is 11.8 Å². The molecule has 96 valence electrons. The van der Waals surface area contributed by atoms with Crippen LogP contribution in [0.25, 0.3) is 0 Å². The van der Waals surface area contributed by atoms with Gasteiger partial charge >= 0.3 is 0 Å². The van der Waals surface area contributed by atoms with Crippen molar-refractivity contribution in [1.82, 2.24) is 0 Å². The predicted molar refractivity (Wildman–Crippen MR) is 68.2 cm³/mol. The maximum atomic E-state index is 13.0. The summed E-state index contributed by atoms with van der Waals surface area (Å²) in [5.41, 5.74) is 0.379. The number of amides is 1. The molecule has 2 unspecified atom stereocenters. The number of nitrogens with zero attached hydrogens (tertiary/aromatic N) is 1. The van der Waals surface area contributed by atoms with Crippen molar-refractivity contribution >= 4 is 11.6 Å². The molecule has 18 heavy (non-hydrogen) atoms. The quantitative estimate of drug-likeness (QED) is 0.868. The lowest BCUT2D eigenvalue weighted by molar-refractivity contribution is -0.119. The van der Waals surface area contributed by atoms with Crippen molar-refractivity contribution in [2.45, 2.75) is 26.7 Å². The fourth-order valence-electron chi connectivity index (χ4n) is 1.85. The van der Waals surface area contributed by atoms with Crippen LogP contribution >= 0.6 is 0 Å². The van der Waals surface area contributed by atoms with Crippen LogP contribution in [0.15, 0.2) is 24.3 Å². The summed E-state index contributed by atoms with van der Waals surface area (Å²) in [6.45, 7) is 3.89. The molecule has 0 radical (unpaired) electrons. The molecular formula is C14H17FN2O. The first-order valence-corrected chi connectivity index (χ1v) is 6.04. The summed E-state index contributed by atoms with van der Waals surface area (Å²) in [5, 5.41) is 11.6. The maximum absolute atomic E-state index is 13.0. The molecular weight excluding hydrogens is 231 g/mol. The Balaban J connectivity index is 2.72. The third kappa shape index (κ3) is 3.85. The second kappa shape index (κ2) is 6.75. The molecule has 0 saturated heterocycles. The number of hydrogen-bond acceptors (Lipinski definition) is 2. The van der Waals surface area contributed by atoms with E-state index < -0.39 is 11.7 Å². The molecule has 1 N–H and O–H groups in total. The molecule has 1 amide bonds. The number of anilines is 1. The number of carbonyl (C=O) groups excluding carboxylic acids is 1. The third-order valence-corrected chi connectivity index (χ3v) is 2.83. The van der Waals surface area contributed by atoms with Crippen molar-refractivity contribution in [1.29, 1.82) is 5.26 Å². The van der Waals surface area contributed by atoms with Gasteiger partial charge in [-0.3, -0.25) is 4.79 Å². The molecule has 1 rings (SSSR count). The standard InChI is InChI=1S/C14H17FN2O/c1-3-5-10(2)13(9-16)14(18)17-12-7-4-6-11(15)8-12/h4,6-8,10,13H,3,5H2,1-2H3,(H,17,18). The lowest BCUT2D eigenvalue weighted by Crippen LogP contribution is -2.27. The summed E-state index contributed by atoms with van der Waals surface area (Å²) in [6.07, 6.45) is 1.74. The molecule has 0 saturated carbocycles. The monoisotopic (exact) mass is 248 g/mol. The molecule has 4 heteroatoms. The zero-order valence-corrected chi connectivity index (χ0v) is 10.6. The fraction of sp³-hybridized carbons (Fsp3) is 0.429. The SMILES string of the molecule is CCCC(C)C(C#N)C(=O)Nc1cccc(F)c1. The lowest BCUT2D eigenvalue weighted by Gasteiger charge is -2.16. The Hall–Kier alpha value is -1.89. The highest BCUT2D eigenvalue weighted by molar-refractivity contribution is 5.94. The second-order valence-corrected chi connectivity index (χ2v) is 4.37. The van der Waals surface area contributed by atoms with Gasteiger partial charge in [0.15, 0.2) is 0 Å². The highest BCUT2D eigenvalue weighted by Gasteiger charge is 2.24. The molecule has 0 spiro atoms. The van der Waals surface area contributed by atoms with Crippen molar-refractivity contribution in [3.05, 3.63) is 30.1 Å². The van der Waals surface area contributed by atoms with Crippen molar-refractivity contribution in [2.75, 3.05) is 5.32 Å². The molecule has 3 nitrogen and oxygen atoms in total. The van der Waals surface area contributed by atoms with E-state index >= 15 is 0 Å². The van der Waals surface area contributed by atoms with Crippen LogP contribution in [0.4, 0.5) is 10.1 Å². The van der Waals surface area contributed by atoms with Crippen LogP contribution in [0.5, 0.6) is 0 Å². The van der Waals surface area contributed by atoms with E-state index in [9.17, 15) is 9.18 Å². The summed E-state index contributed by atoms with van der Waals surface area (Å²) in [5.74, 6) is -1.49. The highest BCUT2D eigenvalue weighted by Crippen LogP contribution is 2.19. The lowest BCUT2D eigenvalue weighted by atomic mass is 9.90. The summed E-state index contributed by atoms with van der Waals surface area (Å²) in [6, 6.07) is 7.66. The largest absolute Gasteiger partial charge is 0.325 e. The van der Waals surface area contributed by atoms with Crippen LogP contribution in [0, 0.1) is 29.0 Å². The van der Waals surface area contributed by atoms with Gasteiger partial charge in [0.2, 0.25) is 5.91 Å². The van der Waals surface area contributed by atoms with E-state index in [1.807, 2.05) is 19.9 Å². The van der Waals surface area contributed by atoms with Crippen LogP contribution in [-0.4, -0.2) is 5.91 Å². The van der Waals surface area contributed by atoms with Gasteiger partial charge in [-0.1, -0.05) is 26.3 Å². The van der Waals surface area contributed by atoms with Crippen LogP contribution in [0.3, 0.4) is 0 Å². The first kappa shape index (κ1) is 14.2. The molecule has 0 aromatic heterocycles. The molecule has 1 aromatic rings. The van der Waals surface area contributed by atoms with Gasteiger partial charge in [0.1, 0.15) is 11.7 Å². The van der Waals surface area contributed by atoms with Gasteiger partial charge in [-0.2, -0.15) is 5.26 Å². The van der Waals surface area contributed by atoms with E-state index in [0.717, 1.165) is 12.8 Å². The van der Waals surface area contributed by atoms with Gasteiger partial charge in [0.25, 0.3) is 0 Å². The first-order valence-electron chi connectivity index (χ1n) is 6.04. The molecule has 0 aliphatic carbocycles. The smallest absolute Gasteiger partial charge is 0.242 e. The fourth-order valence-corrected chi connectivity index (χ4v) is 1.85. The second-order valence-electron chi connectivity index (χ2n) is 4.37. The Labute approximate surface area is 107 Å². The van der Waals surface area contributed by atoms with E-state index in [1.165, 1.54) is 18.2 Å². The molecule has 0 heterocycles. The topological polar surface area (TPSA) is 52.9 Å². The number of nitrogens with one attached hydrogen (secondary N) is 1. The Kier molecular flexibility index (Phi) is 5.31. The number of halogens is 1. The third-order valence-electron chi connectivity index (χ3n) is 2.83. The minimum Gasteiger partial charge on any atom is -0.325 e. The van der Waals surface area contributed by atoms with E-state index in [0.29, 0.717) is 5.69 Å². The van der Waals surface area contributed by atoms with Crippen molar-refractivity contribution in [2.24, 2.45) is 11.8 Å². The molecule has 0 bridgehead atoms. The van der Waals surface area contributed by atoms with Crippen molar-refractivity contribution in [3.8, 4) is 6.07 Å². The summed E-state index contributed by atoms with van der Waals surface area (Å²) in [4.78, 5) is 11.9. The van der Waals surface area contributed by atoms with Crippen molar-refractivity contribution in [3.63, 3.8) is 0 Å². The summed E-state index contributed by atoms with van der Waals surface area (Å²) < 4.78 is 13.0. The molecule has 0 aliphatic rings. The van der Waals surface area contributed by atoms with Gasteiger partial charge in [-0.25, -0.2) is 4.39 Å². The van der Waals surface area contributed by atoms with Gasteiger partial charge < -0.3 is 5.32 Å². The van der Waals surface area contributed by atoms with E-state index in [2.05, 4.69) is 5.32 Å². The normalized spacial score (nSPS) is 13.4. The van der Waals surface area contributed by atoms with Crippen molar-refractivity contribution < 1.29 is 9.18 Å². The Morgan fingerprint density at radius 2 is 2.28 bits per heavy atom. The van der Waals surface area contributed by atoms with Gasteiger partial charge in [-0.15, -0.1) is 0 Å². The Bertz CT molecular complexity index is 453. The Morgan fingerprint density at radius 1 is 1.56 bits per heavy atom. The minimum atomic E-state index is -0.701. The van der Waals surface area contributed by atoms with E-state index in [1.54, 1.807) is 6.07 Å². The van der Waals surface area contributed by atoms with Crippen LogP contribution < -0.4 is 5.32 Å². The number of carbonyl (C=O) groups is 1. The number of rotatable bonds is 5. The average Bonchev–Trinajstić information content (AvgIpc) is 2.30. The zero-order valence-electron chi connectivity index (χ0n) is 10.6. The molecule has 0 aliphatic heterocycles. The van der Waals surface area contributed by atoms with Gasteiger partial charge in [0.05, 0.1) is 6.07 Å². The molecule has 1 aromatic carbocycles. The number of hydrogen-bond donors (Lipinski definition) is 1. The first-order chi connectivity index (χ1) is 8.58. The highest BCUT2D eigenvalue weighted by atomic mass is 19.1. The van der Waals surface area contributed by atoms with Crippen LogP contribution in [0.1, 0.15) is 26.7 Å². The molecule has 0 fully saturated rings. The summed E-state index contributed by atoms with van der Waals surface area (Å²) in [7, 11) is 0. The maximum Gasteiger partial charge on any atom is 0.242 e. The van der Waals surface area contributed by atoms with E-state index in [4.69, 9.17) is 5.26 Å². The Morgan fingerprint density at radius 3 is 2.83 bits per heavy atom. The zero-order chi connectivity index (χ0) is 13.5. The minimum absolute atomic E-state index is 0.00596. The number of nitriles is 1.